The molecule has 1 aromatic heterocycles. The lowest BCUT2D eigenvalue weighted by molar-refractivity contribution is 0.583. The van der Waals surface area contributed by atoms with Crippen LogP contribution in [0.1, 0.15) is 22.3 Å². The highest BCUT2D eigenvalue weighted by Crippen LogP contribution is 2.23. The van der Waals surface area contributed by atoms with E-state index in [1.54, 1.807) is 32.2 Å². The molecule has 0 atom stereocenters. The molecule has 27 heavy (non-hydrogen) atoms. The molecule has 0 aliphatic heterocycles. The number of aromatic nitrogens is 2. The van der Waals surface area contributed by atoms with Crippen LogP contribution in [-0.2, 0) is 10.0 Å². The van der Waals surface area contributed by atoms with Gasteiger partial charge in [0.2, 0.25) is 0 Å². The Labute approximate surface area is 163 Å². The van der Waals surface area contributed by atoms with Crippen molar-refractivity contribution in [1.82, 2.24) is 15.0 Å². The average molecular weight is 403 g/mol. The Morgan fingerprint density at radius 2 is 1.74 bits per heavy atom. The van der Waals surface area contributed by atoms with Crippen molar-refractivity contribution in [3.63, 3.8) is 0 Å². The van der Waals surface area contributed by atoms with E-state index in [9.17, 15) is 8.42 Å². The zero-order chi connectivity index (χ0) is 19.6. The minimum atomic E-state index is -3.77. The molecule has 2 aromatic carbocycles. The maximum atomic E-state index is 12.6. The van der Waals surface area contributed by atoms with Crippen LogP contribution in [-0.4, -0.2) is 24.8 Å². The van der Waals surface area contributed by atoms with E-state index in [1.165, 1.54) is 6.21 Å². The van der Waals surface area contributed by atoms with Crippen LogP contribution in [0.25, 0.3) is 11.3 Å². The zero-order valence-corrected chi connectivity index (χ0v) is 16.7. The van der Waals surface area contributed by atoms with Crippen molar-refractivity contribution < 1.29 is 8.42 Å². The number of hydrazone groups is 1. The second-order valence-corrected chi connectivity index (χ2v) is 8.32. The fraction of sp³-hybridized carbons (Fsp3) is 0.158. The summed E-state index contributed by atoms with van der Waals surface area (Å²) in [7, 11) is -3.77. The lowest BCUT2D eigenvalue weighted by Crippen LogP contribution is -2.20. The predicted octanol–water partition coefficient (Wildman–Crippen LogP) is 3.97. The summed E-state index contributed by atoms with van der Waals surface area (Å²) in [4.78, 5) is 2.53. The van der Waals surface area contributed by atoms with Crippen LogP contribution in [0.4, 0.5) is 0 Å². The molecule has 3 rings (SSSR count). The first kappa shape index (κ1) is 19.1. The number of sulfonamides is 1. The summed E-state index contributed by atoms with van der Waals surface area (Å²) in [6, 6.07) is 10.9. The highest BCUT2D eigenvalue weighted by Gasteiger charge is 2.19. The third-order valence-electron chi connectivity index (χ3n) is 4.05. The van der Waals surface area contributed by atoms with E-state index in [1.807, 2.05) is 31.2 Å². The first-order chi connectivity index (χ1) is 12.8. The predicted molar refractivity (Wildman–Crippen MR) is 108 cm³/mol. The molecule has 0 aliphatic rings. The van der Waals surface area contributed by atoms with Gasteiger partial charge in [-0.1, -0.05) is 41.4 Å². The van der Waals surface area contributed by atoms with E-state index in [2.05, 4.69) is 20.1 Å². The fourth-order valence-electron chi connectivity index (χ4n) is 3.04. The molecule has 0 amide bonds. The Morgan fingerprint density at radius 3 is 2.37 bits per heavy atom. The van der Waals surface area contributed by atoms with E-state index in [0.717, 1.165) is 16.8 Å². The first-order valence-corrected chi connectivity index (χ1v) is 10.1. The molecule has 140 valence electrons. The number of nitrogens with zero attached hydrogens (tertiary/aromatic N) is 2. The van der Waals surface area contributed by atoms with Crippen LogP contribution < -0.4 is 4.83 Å². The summed E-state index contributed by atoms with van der Waals surface area (Å²) < 4.78 is 25.3. The van der Waals surface area contributed by atoms with Gasteiger partial charge in [-0.15, -0.1) is 0 Å². The van der Waals surface area contributed by atoms with Gasteiger partial charge in [-0.05, 0) is 44.0 Å². The lowest BCUT2D eigenvalue weighted by Gasteiger charge is -2.11. The van der Waals surface area contributed by atoms with Gasteiger partial charge in [0.25, 0.3) is 10.0 Å². The third-order valence-corrected chi connectivity index (χ3v) is 5.83. The van der Waals surface area contributed by atoms with Gasteiger partial charge in [-0.2, -0.15) is 18.6 Å². The maximum Gasteiger partial charge on any atom is 0.277 e. The number of aryl methyl sites for hydroxylation is 3. The lowest BCUT2D eigenvalue weighted by atomic mass is 10.1. The van der Waals surface area contributed by atoms with Gasteiger partial charge >= 0.3 is 0 Å². The van der Waals surface area contributed by atoms with Crippen LogP contribution in [0.3, 0.4) is 0 Å². The molecule has 0 bridgehead atoms. The van der Waals surface area contributed by atoms with Crippen molar-refractivity contribution in [2.75, 3.05) is 0 Å². The van der Waals surface area contributed by atoms with Crippen LogP contribution in [0, 0.1) is 20.8 Å². The number of hydrogen-bond acceptors (Lipinski definition) is 4. The van der Waals surface area contributed by atoms with Gasteiger partial charge in [0, 0.05) is 16.1 Å². The summed E-state index contributed by atoms with van der Waals surface area (Å²) in [6.45, 7) is 5.47. The quantitative estimate of drug-likeness (QED) is 0.500. The van der Waals surface area contributed by atoms with Crippen molar-refractivity contribution in [1.29, 1.82) is 0 Å². The number of H-pyrrole nitrogens is 1. The largest absolute Gasteiger partial charge is 0.277 e. The Hall–Kier alpha value is -2.64. The molecule has 0 aliphatic carbocycles. The van der Waals surface area contributed by atoms with Crippen molar-refractivity contribution in [3.8, 4) is 11.3 Å². The number of rotatable bonds is 5. The monoisotopic (exact) mass is 402 g/mol. The average Bonchev–Trinajstić information content (AvgIpc) is 3.02. The molecule has 1 heterocycles. The molecule has 0 fully saturated rings. The number of benzene rings is 2. The Balaban J connectivity index is 1.85. The molecule has 2 N–H and O–H groups in total. The molecule has 3 aromatic rings. The SMILES string of the molecule is Cc1cc(C)c(S(=O)(=O)N/N=C\c2cn[nH]c2-c2ccc(Cl)cc2)c(C)c1. The highest BCUT2D eigenvalue weighted by molar-refractivity contribution is 7.89. The molecule has 0 unspecified atom stereocenters. The Kier molecular flexibility index (Phi) is 5.34. The van der Waals surface area contributed by atoms with E-state index < -0.39 is 10.0 Å². The number of aromatic amines is 1. The van der Waals surface area contributed by atoms with Crippen LogP contribution >= 0.6 is 11.6 Å². The Morgan fingerprint density at radius 1 is 1.11 bits per heavy atom. The van der Waals surface area contributed by atoms with Crippen LogP contribution in [0.15, 0.2) is 52.6 Å². The second-order valence-electron chi connectivity index (χ2n) is 6.29. The van der Waals surface area contributed by atoms with Gasteiger partial charge in [0.1, 0.15) is 0 Å². The molecular weight excluding hydrogens is 384 g/mol. The first-order valence-electron chi connectivity index (χ1n) is 8.20. The van der Waals surface area contributed by atoms with Crippen molar-refractivity contribution in [3.05, 3.63) is 69.9 Å². The van der Waals surface area contributed by atoms with Gasteiger partial charge in [0.15, 0.2) is 0 Å². The highest BCUT2D eigenvalue weighted by atomic mass is 35.5. The van der Waals surface area contributed by atoms with Crippen molar-refractivity contribution in [2.24, 2.45) is 5.10 Å². The summed E-state index contributed by atoms with van der Waals surface area (Å²) >= 11 is 5.91. The van der Waals surface area contributed by atoms with E-state index in [0.29, 0.717) is 21.7 Å². The fourth-order valence-corrected chi connectivity index (χ4v) is 4.42. The van der Waals surface area contributed by atoms with Crippen molar-refractivity contribution >= 4 is 27.8 Å². The van der Waals surface area contributed by atoms with Crippen LogP contribution in [0.2, 0.25) is 5.02 Å². The number of hydrogen-bond donors (Lipinski definition) is 2. The van der Waals surface area contributed by atoms with Gasteiger partial charge in [-0.25, -0.2) is 4.83 Å². The minimum Gasteiger partial charge on any atom is -0.277 e. The molecule has 0 radical (unpaired) electrons. The summed E-state index contributed by atoms with van der Waals surface area (Å²) in [5, 5.41) is 11.4. The minimum absolute atomic E-state index is 0.246. The summed E-state index contributed by atoms with van der Waals surface area (Å²) in [6.07, 6.45) is 2.99. The molecule has 0 saturated carbocycles. The Bertz CT molecular complexity index is 1080. The number of nitrogens with one attached hydrogen (secondary N) is 2. The molecule has 6 nitrogen and oxygen atoms in total. The normalized spacial score (nSPS) is 11.9. The maximum absolute atomic E-state index is 12.6. The van der Waals surface area contributed by atoms with E-state index >= 15 is 0 Å². The summed E-state index contributed by atoms with van der Waals surface area (Å²) in [5.41, 5.74) is 4.61. The van der Waals surface area contributed by atoms with Gasteiger partial charge in [-0.3, -0.25) is 5.10 Å². The molecule has 0 saturated heterocycles. The zero-order valence-electron chi connectivity index (χ0n) is 15.1. The molecule has 0 spiro atoms. The second kappa shape index (κ2) is 7.54. The molecular formula is C19H19ClN4O2S. The van der Waals surface area contributed by atoms with Crippen molar-refractivity contribution in [2.45, 2.75) is 25.7 Å². The summed E-state index contributed by atoms with van der Waals surface area (Å²) in [5.74, 6) is 0. The topological polar surface area (TPSA) is 87.2 Å². The van der Waals surface area contributed by atoms with Crippen LogP contribution in [0.5, 0.6) is 0 Å². The van der Waals surface area contributed by atoms with E-state index in [4.69, 9.17) is 11.6 Å². The smallest absolute Gasteiger partial charge is 0.277 e. The number of halogens is 1. The standard InChI is InChI=1S/C19H19ClN4O2S/c1-12-8-13(2)19(14(3)9-12)27(25,26)24-22-11-16-10-21-23-18(16)15-4-6-17(20)7-5-15/h4-11,24H,1-3H3,(H,21,23)/b22-11-. The van der Waals surface area contributed by atoms with Gasteiger partial charge in [0.05, 0.1) is 23.0 Å². The van der Waals surface area contributed by atoms with E-state index in [-0.39, 0.29) is 4.90 Å². The molecule has 8 heteroatoms. The van der Waals surface area contributed by atoms with Gasteiger partial charge < -0.3 is 0 Å². The third kappa shape index (κ3) is 4.20.